The molecule has 0 aliphatic carbocycles. The largest absolute Gasteiger partial charge is 0.350 e. The summed E-state index contributed by atoms with van der Waals surface area (Å²) in [6.07, 6.45) is 0. The Morgan fingerprint density at radius 2 is 1.82 bits per heavy atom. The van der Waals surface area contributed by atoms with Crippen LogP contribution < -0.4 is 10.6 Å². The van der Waals surface area contributed by atoms with Gasteiger partial charge in [0.2, 0.25) is 0 Å². The number of benzene rings is 1. The molecule has 0 bridgehead atoms. The number of anilines is 3. The van der Waals surface area contributed by atoms with E-state index in [9.17, 15) is 4.79 Å². The van der Waals surface area contributed by atoms with Crippen LogP contribution in [0.1, 0.15) is 16.2 Å². The van der Waals surface area contributed by atoms with Gasteiger partial charge in [0.05, 0.1) is 22.8 Å². The van der Waals surface area contributed by atoms with Crippen LogP contribution >= 0.6 is 0 Å². The number of hydrogen-bond donors (Lipinski definition) is 2. The molecule has 2 heterocycles. The molecule has 2 N–H and O–H groups in total. The molecular formula is C12H12N4O. The Labute approximate surface area is 98.4 Å². The topological polar surface area (TPSA) is 59.0 Å². The minimum Gasteiger partial charge on any atom is -0.350 e. The Kier molecular flexibility index (Phi) is 1.95. The maximum Gasteiger partial charge on any atom is 0.276 e. The van der Waals surface area contributed by atoms with E-state index in [0.29, 0.717) is 5.69 Å². The van der Waals surface area contributed by atoms with Gasteiger partial charge in [-0.1, -0.05) is 12.1 Å². The van der Waals surface area contributed by atoms with Crippen LogP contribution in [-0.2, 0) is 7.05 Å². The zero-order chi connectivity index (χ0) is 12.0. The predicted molar refractivity (Wildman–Crippen MR) is 65.6 cm³/mol. The highest BCUT2D eigenvalue weighted by molar-refractivity contribution is 6.11. The molecule has 1 aromatic heterocycles. The zero-order valence-electron chi connectivity index (χ0n) is 9.61. The van der Waals surface area contributed by atoms with Crippen molar-refractivity contribution in [2.75, 3.05) is 10.6 Å². The van der Waals surface area contributed by atoms with Crippen molar-refractivity contribution in [3.05, 3.63) is 35.7 Å². The fourth-order valence-corrected chi connectivity index (χ4v) is 2.09. The van der Waals surface area contributed by atoms with Crippen molar-refractivity contribution >= 4 is 23.0 Å². The quantitative estimate of drug-likeness (QED) is 0.725. The first-order chi connectivity index (χ1) is 8.16. The molecule has 2 aromatic rings. The molecule has 5 nitrogen and oxygen atoms in total. The van der Waals surface area contributed by atoms with Gasteiger partial charge in [0, 0.05) is 7.05 Å². The highest BCUT2D eigenvalue weighted by Gasteiger charge is 2.24. The van der Waals surface area contributed by atoms with Gasteiger partial charge in [-0.25, -0.2) is 0 Å². The van der Waals surface area contributed by atoms with Gasteiger partial charge in [0.15, 0.2) is 0 Å². The summed E-state index contributed by atoms with van der Waals surface area (Å²) < 4.78 is 1.60. The van der Waals surface area contributed by atoms with E-state index in [-0.39, 0.29) is 5.91 Å². The van der Waals surface area contributed by atoms with E-state index < -0.39 is 0 Å². The number of para-hydroxylation sites is 2. The number of aryl methyl sites for hydroxylation is 2. The number of carbonyl (C=O) groups is 1. The van der Waals surface area contributed by atoms with Gasteiger partial charge < -0.3 is 10.6 Å². The molecule has 0 spiro atoms. The third-order valence-electron chi connectivity index (χ3n) is 2.87. The van der Waals surface area contributed by atoms with Gasteiger partial charge in [0.1, 0.15) is 5.69 Å². The Balaban J connectivity index is 2.23. The molecule has 0 radical (unpaired) electrons. The van der Waals surface area contributed by atoms with Gasteiger partial charge in [-0.2, -0.15) is 5.10 Å². The lowest BCUT2D eigenvalue weighted by molar-refractivity contribution is 0.101. The van der Waals surface area contributed by atoms with Crippen LogP contribution in [0.3, 0.4) is 0 Å². The standard InChI is InChI=1S/C12H12N4O/c1-7-10-11(16(2)15-7)12(17)14-9-6-4-3-5-8(9)13-10/h3-6,13H,1-2H3,(H,14,17). The van der Waals surface area contributed by atoms with Crippen molar-refractivity contribution in [2.24, 2.45) is 7.05 Å². The van der Waals surface area contributed by atoms with Crippen LogP contribution in [0.5, 0.6) is 0 Å². The normalized spacial score (nSPS) is 13.2. The monoisotopic (exact) mass is 228 g/mol. The van der Waals surface area contributed by atoms with E-state index in [1.54, 1.807) is 11.7 Å². The van der Waals surface area contributed by atoms with Gasteiger partial charge in [-0.3, -0.25) is 9.48 Å². The molecule has 17 heavy (non-hydrogen) atoms. The summed E-state index contributed by atoms with van der Waals surface area (Å²) in [6, 6.07) is 7.61. The minimum atomic E-state index is -0.138. The molecule has 1 aliphatic rings. The van der Waals surface area contributed by atoms with Gasteiger partial charge in [-0.05, 0) is 19.1 Å². The molecule has 0 unspecified atom stereocenters. The van der Waals surface area contributed by atoms with Gasteiger partial charge in [0.25, 0.3) is 5.91 Å². The molecule has 3 rings (SSSR count). The zero-order valence-corrected chi connectivity index (χ0v) is 9.61. The highest BCUT2D eigenvalue weighted by atomic mass is 16.2. The Morgan fingerprint density at radius 1 is 1.18 bits per heavy atom. The fourth-order valence-electron chi connectivity index (χ4n) is 2.09. The van der Waals surface area contributed by atoms with E-state index in [4.69, 9.17) is 0 Å². The van der Waals surface area contributed by atoms with Crippen LogP contribution in [-0.4, -0.2) is 15.7 Å². The minimum absolute atomic E-state index is 0.138. The van der Waals surface area contributed by atoms with Crippen LogP contribution in [0.25, 0.3) is 0 Å². The Morgan fingerprint density at radius 3 is 2.53 bits per heavy atom. The molecule has 86 valence electrons. The average molecular weight is 228 g/mol. The van der Waals surface area contributed by atoms with Crippen molar-refractivity contribution in [3.63, 3.8) is 0 Å². The third kappa shape index (κ3) is 1.39. The van der Waals surface area contributed by atoms with Crippen LogP contribution in [0.4, 0.5) is 17.1 Å². The number of hydrogen-bond acceptors (Lipinski definition) is 3. The SMILES string of the molecule is Cc1nn(C)c2c1Nc1ccccc1NC2=O. The molecule has 0 saturated carbocycles. The van der Waals surface area contributed by atoms with Gasteiger partial charge in [-0.15, -0.1) is 0 Å². The molecule has 1 aromatic carbocycles. The molecule has 1 aliphatic heterocycles. The number of carbonyl (C=O) groups excluding carboxylic acids is 1. The number of aromatic nitrogens is 2. The van der Waals surface area contributed by atoms with E-state index in [0.717, 1.165) is 22.8 Å². The maximum absolute atomic E-state index is 12.1. The van der Waals surface area contributed by atoms with Crippen LogP contribution in [0.2, 0.25) is 0 Å². The summed E-state index contributed by atoms with van der Waals surface area (Å²) in [7, 11) is 1.77. The second-order valence-electron chi connectivity index (χ2n) is 4.06. The molecule has 0 atom stereocenters. The molecule has 0 fully saturated rings. The molecule has 1 amide bonds. The second kappa shape index (κ2) is 3.35. The Hall–Kier alpha value is -2.30. The average Bonchev–Trinajstić information content (AvgIpc) is 2.49. The number of fused-ring (bicyclic) bond motifs is 2. The van der Waals surface area contributed by atoms with Gasteiger partial charge >= 0.3 is 0 Å². The number of rotatable bonds is 0. The lowest BCUT2D eigenvalue weighted by atomic mass is 10.2. The number of nitrogens with zero attached hydrogens (tertiary/aromatic N) is 2. The number of nitrogens with one attached hydrogen (secondary N) is 2. The second-order valence-corrected chi connectivity index (χ2v) is 4.06. The van der Waals surface area contributed by atoms with Crippen molar-refractivity contribution in [2.45, 2.75) is 6.92 Å². The summed E-state index contributed by atoms with van der Waals surface area (Å²) in [6.45, 7) is 1.88. The lowest BCUT2D eigenvalue weighted by Crippen LogP contribution is -2.15. The van der Waals surface area contributed by atoms with Crippen molar-refractivity contribution in [3.8, 4) is 0 Å². The van der Waals surface area contributed by atoms with E-state index >= 15 is 0 Å². The first-order valence-electron chi connectivity index (χ1n) is 5.38. The molecule has 0 saturated heterocycles. The van der Waals surface area contributed by atoms with E-state index in [1.165, 1.54) is 0 Å². The smallest absolute Gasteiger partial charge is 0.276 e. The van der Waals surface area contributed by atoms with E-state index in [2.05, 4.69) is 15.7 Å². The third-order valence-corrected chi connectivity index (χ3v) is 2.87. The summed E-state index contributed by atoms with van der Waals surface area (Å²) in [5.74, 6) is -0.138. The summed E-state index contributed by atoms with van der Waals surface area (Å²) in [5.41, 5.74) is 3.81. The summed E-state index contributed by atoms with van der Waals surface area (Å²) >= 11 is 0. The van der Waals surface area contributed by atoms with Crippen molar-refractivity contribution < 1.29 is 4.79 Å². The van der Waals surface area contributed by atoms with Crippen LogP contribution in [0, 0.1) is 6.92 Å². The lowest BCUT2D eigenvalue weighted by Gasteiger charge is -2.06. The number of amides is 1. The molecular weight excluding hydrogens is 216 g/mol. The van der Waals surface area contributed by atoms with Crippen molar-refractivity contribution in [1.82, 2.24) is 9.78 Å². The molecule has 5 heteroatoms. The van der Waals surface area contributed by atoms with Crippen molar-refractivity contribution in [1.29, 1.82) is 0 Å². The highest BCUT2D eigenvalue weighted by Crippen LogP contribution is 2.32. The first kappa shape index (κ1) is 9.89. The fraction of sp³-hybridized carbons (Fsp3) is 0.167. The summed E-state index contributed by atoms with van der Waals surface area (Å²) in [5, 5.41) is 10.4. The van der Waals surface area contributed by atoms with E-state index in [1.807, 2.05) is 31.2 Å². The first-order valence-corrected chi connectivity index (χ1v) is 5.38. The van der Waals surface area contributed by atoms with Crippen LogP contribution in [0.15, 0.2) is 24.3 Å². The maximum atomic E-state index is 12.1. The Bertz CT molecular complexity index is 615. The predicted octanol–water partition coefficient (Wildman–Crippen LogP) is 2.04. The summed E-state index contributed by atoms with van der Waals surface area (Å²) in [4.78, 5) is 12.1.